The van der Waals surface area contributed by atoms with E-state index in [0.29, 0.717) is 11.5 Å². The predicted octanol–water partition coefficient (Wildman–Crippen LogP) is 2.41. The number of hydrogen-bond acceptors (Lipinski definition) is 1. The summed E-state index contributed by atoms with van der Waals surface area (Å²) < 4.78 is 0. The van der Waals surface area contributed by atoms with E-state index in [1.807, 2.05) is 0 Å². The molecule has 2 fully saturated rings. The standard InChI is InChI=1S/C11H21N/c1-7-4-8(12)6-10-9(5-7)11(10,2)3/h7-10H,4-6,12H2,1-3H3. The van der Waals surface area contributed by atoms with Crippen molar-refractivity contribution in [1.29, 1.82) is 0 Å². The molecular weight excluding hydrogens is 146 g/mol. The fourth-order valence-electron chi connectivity index (χ4n) is 3.26. The van der Waals surface area contributed by atoms with Crippen molar-refractivity contribution in [2.75, 3.05) is 0 Å². The molecular formula is C11H21N. The third kappa shape index (κ3) is 1.19. The van der Waals surface area contributed by atoms with E-state index in [9.17, 15) is 0 Å². The van der Waals surface area contributed by atoms with Crippen molar-refractivity contribution in [3.05, 3.63) is 0 Å². The smallest absolute Gasteiger partial charge is 0.00443 e. The Morgan fingerprint density at radius 3 is 2.33 bits per heavy atom. The van der Waals surface area contributed by atoms with Crippen molar-refractivity contribution in [3.63, 3.8) is 0 Å². The Morgan fingerprint density at radius 1 is 1.08 bits per heavy atom. The third-order valence-corrected chi connectivity index (χ3v) is 4.21. The molecule has 0 aromatic carbocycles. The van der Waals surface area contributed by atoms with Crippen LogP contribution in [-0.4, -0.2) is 6.04 Å². The second-order valence-corrected chi connectivity index (χ2v) is 5.61. The lowest BCUT2D eigenvalue weighted by Gasteiger charge is -2.16. The Hall–Kier alpha value is -0.0400. The van der Waals surface area contributed by atoms with Crippen molar-refractivity contribution in [1.82, 2.24) is 0 Å². The number of hydrogen-bond donors (Lipinski definition) is 1. The molecule has 0 heterocycles. The number of nitrogens with two attached hydrogens (primary N) is 1. The third-order valence-electron chi connectivity index (χ3n) is 4.21. The normalized spacial score (nSPS) is 51.0. The first kappa shape index (κ1) is 8.55. The first-order valence-corrected chi connectivity index (χ1v) is 5.27. The molecule has 2 rings (SSSR count). The Kier molecular flexibility index (Phi) is 1.76. The summed E-state index contributed by atoms with van der Waals surface area (Å²) in [4.78, 5) is 0. The second-order valence-electron chi connectivity index (χ2n) is 5.61. The van der Waals surface area contributed by atoms with Gasteiger partial charge in [0.25, 0.3) is 0 Å². The van der Waals surface area contributed by atoms with Crippen LogP contribution in [0.1, 0.15) is 40.0 Å². The van der Waals surface area contributed by atoms with Gasteiger partial charge in [0.2, 0.25) is 0 Å². The Morgan fingerprint density at radius 2 is 1.67 bits per heavy atom. The van der Waals surface area contributed by atoms with Crippen LogP contribution in [0.5, 0.6) is 0 Å². The van der Waals surface area contributed by atoms with E-state index in [0.717, 1.165) is 17.8 Å². The topological polar surface area (TPSA) is 26.0 Å². The van der Waals surface area contributed by atoms with Gasteiger partial charge in [-0.05, 0) is 42.4 Å². The molecule has 4 atom stereocenters. The molecule has 2 aliphatic rings. The molecule has 0 spiro atoms. The van der Waals surface area contributed by atoms with E-state index in [-0.39, 0.29) is 0 Å². The molecule has 1 nitrogen and oxygen atoms in total. The number of rotatable bonds is 0. The molecule has 0 aromatic heterocycles. The minimum Gasteiger partial charge on any atom is -0.328 e. The first-order chi connectivity index (χ1) is 5.51. The average molecular weight is 167 g/mol. The minimum atomic E-state index is 0.483. The second kappa shape index (κ2) is 2.47. The minimum absolute atomic E-state index is 0.483. The Balaban J connectivity index is 2.06. The molecule has 2 saturated carbocycles. The molecule has 1 heteroatoms. The van der Waals surface area contributed by atoms with Gasteiger partial charge in [0.05, 0.1) is 0 Å². The van der Waals surface area contributed by atoms with Gasteiger partial charge in [0, 0.05) is 6.04 Å². The molecule has 4 unspecified atom stereocenters. The SMILES string of the molecule is CC1CC(N)CC2C(C1)C2(C)C. The van der Waals surface area contributed by atoms with Gasteiger partial charge in [-0.2, -0.15) is 0 Å². The fourth-order valence-corrected chi connectivity index (χ4v) is 3.26. The van der Waals surface area contributed by atoms with Gasteiger partial charge in [-0.3, -0.25) is 0 Å². The van der Waals surface area contributed by atoms with Gasteiger partial charge in [-0.15, -0.1) is 0 Å². The summed E-state index contributed by atoms with van der Waals surface area (Å²) in [6.45, 7) is 7.18. The highest BCUT2D eigenvalue weighted by Crippen LogP contribution is 2.64. The maximum Gasteiger partial charge on any atom is 0.00443 e. The maximum atomic E-state index is 6.06. The Labute approximate surface area is 75.7 Å². The van der Waals surface area contributed by atoms with Gasteiger partial charge < -0.3 is 5.73 Å². The zero-order valence-electron chi connectivity index (χ0n) is 8.51. The highest BCUT2D eigenvalue weighted by atomic mass is 14.7. The highest BCUT2D eigenvalue weighted by Gasteiger charge is 2.58. The summed E-state index contributed by atoms with van der Waals surface area (Å²) in [5.41, 5.74) is 6.68. The van der Waals surface area contributed by atoms with Crippen LogP contribution in [-0.2, 0) is 0 Å². The zero-order chi connectivity index (χ0) is 8.93. The lowest BCUT2D eigenvalue weighted by Crippen LogP contribution is -2.23. The molecule has 0 aromatic rings. The lowest BCUT2D eigenvalue weighted by atomic mass is 9.92. The van der Waals surface area contributed by atoms with Gasteiger partial charge in [-0.1, -0.05) is 20.8 Å². The summed E-state index contributed by atoms with van der Waals surface area (Å²) in [6, 6.07) is 0.483. The van der Waals surface area contributed by atoms with Crippen LogP contribution < -0.4 is 5.73 Å². The van der Waals surface area contributed by atoms with Gasteiger partial charge in [0.15, 0.2) is 0 Å². The van der Waals surface area contributed by atoms with Crippen LogP contribution in [0, 0.1) is 23.2 Å². The zero-order valence-corrected chi connectivity index (χ0v) is 8.51. The van der Waals surface area contributed by atoms with E-state index < -0.39 is 0 Å². The quantitative estimate of drug-likeness (QED) is 0.589. The van der Waals surface area contributed by atoms with E-state index in [2.05, 4.69) is 20.8 Å². The highest BCUT2D eigenvalue weighted by molar-refractivity contribution is 5.07. The average Bonchev–Trinajstić information content (AvgIpc) is 2.45. The molecule has 0 bridgehead atoms. The molecule has 2 aliphatic carbocycles. The van der Waals surface area contributed by atoms with Crippen LogP contribution in [0.4, 0.5) is 0 Å². The summed E-state index contributed by atoms with van der Waals surface area (Å²) in [5.74, 6) is 2.79. The summed E-state index contributed by atoms with van der Waals surface area (Å²) in [7, 11) is 0. The number of fused-ring (bicyclic) bond motifs is 1. The molecule has 0 amide bonds. The van der Waals surface area contributed by atoms with Crippen LogP contribution in [0.3, 0.4) is 0 Å². The van der Waals surface area contributed by atoms with Gasteiger partial charge in [0.1, 0.15) is 0 Å². The lowest BCUT2D eigenvalue weighted by molar-refractivity contribution is 0.377. The summed E-state index contributed by atoms with van der Waals surface area (Å²) in [6.07, 6.45) is 3.95. The van der Waals surface area contributed by atoms with Crippen LogP contribution in [0.25, 0.3) is 0 Å². The van der Waals surface area contributed by atoms with Crippen molar-refractivity contribution < 1.29 is 0 Å². The molecule has 0 saturated heterocycles. The van der Waals surface area contributed by atoms with Crippen molar-refractivity contribution >= 4 is 0 Å². The van der Waals surface area contributed by atoms with Gasteiger partial charge in [-0.25, -0.2) is 0 Å². The van der Waals surface area contributed by atoms with Gasteiger partial charge >= 0.3 is 0 Å². The van der Waals surface area contributed by atoms with Crippen molar-refractivity contribution in [2.24, 2.45) is 28.9 Å². The van der Waals surface area contributed by atoms with Crippen LogP contribution in [0.15, 0.2) is 0 Å². The van der Waals surface area contributed by atoms with E-state index in [4.69, 9.17) is 5.73 Å². The Bertz CT molecular complexity index is 167. The monoisotopic (exact) mass is 167 g/mol. The molecule has 0 radical (unpaired) electrons. The van der Waals surface area contributed by atoms with Crippen LogP contribution >= 0.6 is 0 Å². The fraction of sp³-hybridized carbons (Fsp3) is 1.00. The van der Waals surface area contributed by atoms with E-state index in [1.54, 1.807) is 0 Å². The maximum absolute atomic E-state index is 6.06. The van der Waals surface area contributed by atoms with E-state index in [1.165, 1.54) is 19.3 Å². The van der Waals surface area contributed by atoms with E-state index >= 15 is 0 Å². The van der Waals surface area contributed by atoms with Crippen LogP contribution in [0.2, 0.25) is 0 Å². The largest absolute Gasteiger partial charge is 0.328 e. The summed E-state index contributed by atoms with van der Waals surface area (Å²) in [5, 5.41) is 0. The molecule has 12 heavy (non-hydrogen) atoms. The first-order valence-electron chi connectivity index (χ1n) is 5.27. The summed E-state index contributed by atoms with van der Waals surface area (Å²) >= 11 is 0. The molecule has 0 aliphatic heterocycles. The molecule has 2 N–H and O–H groups in total. The molecule has 70 valence electrons. The van der Waals surface area contributed by atoms with Crippen molar-refractivity contribution in [3.8, 4) is 0 Å². The van der Waals surface area contributed by atoms with Crippen molar-refractivity contribution in [2.45, 2.75) is 46.1 Å². The predicted molar refractivity (Wildman–Crippen MR) is 51.8 cm³/mol.